The van der Waals surface area contributed by atoms with Gasteiger partial charge in [-0.2, -0.15) is 0 Å². The van der Waals surface area contributed by atoms with Crippen LogP contribution >= 0.6 is 0 Å². The number of aryl methyl sites for hydroxylation is 1. The zero-order chi connectivity index (χ0) is 20.1. The van der Waals surface area contributed by atoms with Crippen molar-refractivity contribution in [2.75, 3.05) is 13.2 Å². The molecule has 0 aromatic heterocycles. The number of benzene rings is 1. The first kappa shape index (κ1) is 20.7. The molecule has 28 heavy (non-hydrogen) atoms. The van der Waals surface area contributed by atoms with Gasteiger partial charge in [-0.1, -0.05) is 26.2 Å². The smallest absolute Gasteiger partial charge is 0.316 e. The summed E-state index contributed by atoms with van der Waals surface area (Å²) >= 11 is 0. The zero-order valence-corrected chi connectivity index (χ0v) is 17.0. The van der Waals surface area contributed by atoms with Gasteiger partial charge >= 0.3 is 5.97 Å². The molecule has 5 nitrogen and oxygen atoms in total. The quantitative estimate of drug-likeness (QED) is 0.422. The molecule has 1 saturated carbocycles. The van der Waals surface area contributed by atoms with E-state index in [9.17, 15) is 14.7 Å². The van der Waals surface area contributed by atoms with Gasteiger partial charge in [-0.05, 0) is 56.2 Å². The van der Waals surface area contributed by atoms with E-state index in [1.165, 1.54) is 19.3 Å². The molecule has 1 unspecified atom stereocenters. The number of carbonyl (C=O) groups excluding carboxylic acids is 2. The molecule has 2 aliphatic rings. The number of rotatable bonds is 7. The Labute approximate surface area is 167 Å². The number of phenolic OH excluding ortho intramolecular Hbond substituents is 1. The number of esters is 1. The van der Waals surface area contributed by atoms with E-state index in [4.69, 9.17) is 9.47 Å². The minimum absolute atomic E-state index is 0.0542. The van der Waals surface area contributed by atoms with Crippen LogP contribution in [0.1, 0.15) is 75.8 Å². The number of Topliss-reactive ketones (excluding diaryl/α,β-unsaturated/α-hetero) is 1. The van der Waals surface area contributed by atoms with Crippen LogP contribution in [-0.2, 0) is 20.7 Å². The molecule has 0 amide bonds. The fraction of sp³-hybridized carbons (Fsp3) is 0.652. The lowest BCUT2D eigenvalue weighted by Gasteiger charge is -2.33. The summed E-state index contributed by atoms with van der Waals surface area (Å²) in [5.74, 6) is -0.210. The van der Waals surface area contributed by atoms with Crippen LogP contribution in [0.25, 0.3) is 0 Å². The van der Waals surface area contributed by atoms with E-state index in [-0.39, 0.29) is 30.0 Å². The molecule has 3 atom stereocenters. The fourth-order valence-electron chi connectivity index (χ4n) is 4.56. The van der Waals surface area contributed by atoms with Crippen LogP contribution in [0.5, 0.6) is 11.5 Å². The summed E-state index contributed by atoms with van der Waals surface area (Å²) in [4.78, 5) is 24.8. The largest absolute Gasteiger partial charge is 0.508 e. The molecule has 1 N–H and O–H groups in total. The highest BCUT2D eigenvalue weighted by molar-refractivity contribution is 5.99. The summed E-state index contributed by atoms with van der Waals surface area (Å²) in [6, 6.07) is 3.87. The third kappa shape index (κ3) is 4.50. The van der Waals surface area contributed by atoms with Crippen molar-refractivity contribution in [1.82, 2.24) is 0 Å². The molecule has 3 rings (SSSR count). The van der Waals surface area contributed by atoms with Crippen LogP contribution in [0, 0.1) is 11.8 Å². The number of aromatic hydroxyl groups is 1. The van der Waals surface area contributed by atoms with Crippen molar-refractivity contribution in [3.05, 3.63) is 23.3 Å². The summed E-state index contributed by atoms with van der Waals surface area (Å²) in [5.41, 5.74) is 1.84. The number of fused-ring (bicyclic) bond motifs is 3. The third-order valence-electron chi connectivity index (χ3n) is 6.10. The van der Waals surface area contributed by atoms with Crippen molar-refractivity contribution in [3.63, 3.8) is 0 Å². The van der Waals surface area contributed by atoms with Gasteiger partial charge < -0.3 is 14.6 Å². The third-order valence-corrected chi connectivity index (χ3v) is 6.10. The predicted octanol–water partition coefficient (Wildman–Crippen LogP) is 4.54. The van der Waals surface area contributed by atoms with E-state index in [0.29, 0.717) is 31.6 Å². The predicted molar refractivity (Wildman–Crippen MR) is 107 cm³/mol. The molecule has 1 fully saturated rings. The standard InChI is InChI=1S/C23H32O5/c1-3-5-6-7-8-15-11-20(25)22-17-13-18(23(26)27-4-2)19(24)10-9-16(17)14-28-21(22)12-15/h11-12,16-18,25H,3-10,13-14H2,1-2H3/t16-,17+,18?/m0/s1. The van der Waals surface area contributed by atoms with Gasteiger partial charge in [0.25, 0.3) is 0 Å². The summed E-state index contributed by atoms with van der Waals surface area (Å²) in [6.45, 7) is 4.73. The van der Waals surface area contributed by atoms with E-state index < -0.39 is 11.9 Å². The average Bonchev–Trinajstić information content (AvgIpc) is 2.84. The second kappa shape index (κ2) is 9.44. The number of ketones is 1. The van der Waals surface area contributed by atoms with Gasteiger partial charge in [0, 0.05) is 17.9 Å². The van der Waals surface area contributed by atoms with Gasteiger partial charge in [-0.3, -0.25) is 9.59 Å². The van der Waals surface area contributed by atoms with Crippen LogP contribution < -0.4 is 4.74 Å². The molecule has 0 bridgehead atoms. The SMILES string of the molecule is CCCCCCc1cc(O)c2c(c1)OC[C@@H]1CCC(=O)C(C(=O)OCC)C[C@@H]21. The van der Waals surface area contributed by atoms with Gasteiger partial charge in [0.1, 0.15) is 23.2 Å². The number of hydrogen-bond acceptors (Lipinski definition) is 5. The summed E-state index contributed by atoms with van der Waals surface area (Å²) in [6.07, 6.45) is 7.05. The molecular formula is C23H32O5. The average molecular weight is 389 g/mol. The zero-order valence-electron chi connectivity index (χ0n) is 17.0. The van der Waals surface area contributed by atoms with Crippen molar-refractivity contribution in [3.8, 4) is 11.5 Å². The van der Waals surface area contributed by atoms with Gasteiger partial charge in [0.05, 0.1) is 13.2 Å². The first-order chi connectivity index (χ1) is 13.5. The molecule has 1 aliphatic heterocycles. The second-order valence-electron chi connectivity index (χ2n) is 8.06. The lowest BCUT2D eigenvalue weighted by molar-refractivity contribution is -0.151. The molecule has 154 valence electrons. The maximum absolute atomic E-state index is 12.5. The number of phenols is 1. The van der Waals surface area contributed by atoms with E-state index in [1.807, 2.05) is 12.1 Å². The lowest BCUT2D eigenvalue weighted by Crippen LogP contribution is -2.29. The molecule has 1 aromatic rings. The first-order valence-corrected chi connectivity index (χ1v) is 10.7. The van der Waals surface area contributed by atoms with Crippen LogP contribution in [0.4, 0.5) is 0 Å². The van der Waals surface area contributed by atoms with Crippen LogP contribution in [-0.4, -0.2) is 30.1 Å². The first-order valence-electron chi connectivity index (χ1n) is 10.7. The summed E-state index contributed by atoms with van der Waals surface area (Å²) in [5, 5.41) is 10.8. The van der Waals surface area contributed by atoms with Crippen molar-refractivity contribution < 1.29 is 24.2 Å². The summed E-state index contributed by atoms with van der Waals surface area (Å²) in [7, 11) is 0. The molecule has 5 heteroatoms. The Morgan fingerprint density at radius 2 is 2.07 bits per heavy atom. The fourth-order valence-corrected chi connectivity index (χ4v) is 4.56. The maximum Gasteiger partial charge on any atom is 0.316 e. The number of hydrogen-bond donors (Lipinski definition) is 1. The Bertz CT molecular complexity index is 711. The van der Waals surface area contributed by atoms with Crippen molar-refractivity contribution >= 4 is 11.8 Å². The molecule has 1 heterocycles. The van der Waals surface area contributed by atoms with E-state index in [2.05, 4.69) is 6.92 Å². The van der Waals surface area contributed by atoms with Crippen molar-refractivity contribution in [2.45, 2.75) is 71.1 Å². The van der Waals surface area contributed by atoms with Gasteiger partial charge in [-0.25, -0.2) is 0 Å². The maximum atomic E-state index is 12.5. The number of unbranched alkanes of at least 4 members (excludes halogenated alkanes) is 3. The van der Waals surface area contributed by atoms with Gasteiger partial charge in [0.2, 0.25) is 0 Å². The van der Waals surface area contributed by atoms with Crippen molar-refractivity contribution in [1.29, 1.82) is 0 Å². The topological polar surface area (TPSA) is 72.8 Å². The Kier molecular flexibility index (Phi) is 6.97. The number of carbonyl (C=O) groups is 2. The molecule has 0 saturated heterocycles. The van der Waals surface area contributed by atoms with E-state index in [1.54, 1.807) is 6.92 Å². The highest BCUT2D eigenvalue weighted by Crippen LogP contribution is 2.49. The van der Waals surface area contributed by atoms with Crippen molar-refractivity contribution in [2.24, 2.45) is 11.8 Å². The highest BCUT2D eigenvalue weighted by Gasteiger charge is 2.42. The Morgan fingerprint density at radius 3 is 2.82 bits per heavy atom. The normalized spacial score (nSPS) is 23.9. The Hall–Kier alpha value is -2.04. The summed E-state index contributed by atoms with van der Waals surface area (Å²) < 4.78 is 11.1. The monoisotopic (exact) mass is 388 g/mol. The second-order valence-corrected chi connectivity index (χ2v) is 8.06. The van der Waals surface area contributed by atoms with Crippen LogP contribution in [0.3, 0.4) is 0 Å². The minimum Gasteiger partial charge on any atom is -0.508 e. The Morgan fingerprint density at radius 1 is 1.25 bits per heavy atom. The van der Waals surface area contributed by atoms with E-state index >= 15 is 0 Å². The van der Waals surface area contributed by atoms with Gasteiger partial charge in [0.15, 0.2) is 0 Å². The lowest BCUT2D eigenvalue weighted by atomic mass is 9.78. The van der Waals surface area contributed by atoms with E-state index in [0.717, 1.165) is 24.0 Å². The molecule has 0 spiro atoms. The molecule has 1 aromatic carbocycles. The molecular weight excluding hydrogens is 356 g/mol. The molecule has 0 radical (unpaired) electrons. The highest BCUT2D eigenvalue weighted by atomic mass is 16.5. The molecule has 1 aliphatic carbocycles. The van der Waals surface area contributed by atoms with Crippen LogP contribution in [0.2, 0.25) is 0 Å². The van der Waals surface area contributed by atoms with Gasteiger partial charge in [-0.15, -0.1) is 0 Å². The number of ether oxygens (including phenoxy) is 2. The van der Waals surface area contributed by atoms with Crippen LogP contribution in [0.15, 0.2) is 12.1 Å². The Balaban J connectivity index is 1.83. The minimum atomic E-state index is -0.742.